The fourth-order valence-electron chi connectivity index (χ4n) is 2.97. The Morgan fingerprint density at radius 1 is 1.18 bits per heavy atom. The summed E-state index contributed by atoms with van der Waals surface area (Å²) in [4.78, 5) is 38.5. The van der Waals surface area contributed by atoms with Gasteiger partial charge in [0.15, 0.2) is 17.6 Å². The zero-order valence-corrected chi connectivity index (χ0v) is 15.9. The van der Waals surface area contributed by atoms with Crippen molar-refractivity contribution in [1.29, 1.82) is 0 Å². The summed E-state index contributed by atoms with van der Waals surface area (Å²) < 4.78 is 16.4. The number of carbonyl (C=O) groups excluding carboxylic acids is 3. The molecule has 3 heterocycles. The van der Waals surface area contributed by atoms with E-state index in [0.29, 0.717) is 36.1 Å². The SMILES string of the molecule is C[C@@H](OC(=O)c1ccc(-c2ccc3c(c2)OCCO3)s1)C(=O)N1CCNC1=O. The molecular weight excluding hydrogens is 384 g/mol. The quantitative estimate of drug-likeness (QED) is 0.789. The normalized spacial score (nSPS) is 16.5. The zero-order valence-electron chi connectivity index (χ0n) is 15.1. The second kappa shape index (κ2) is 7.51. The molecule has 1 aromatic heterocycles. The van der Waals surface area contributed by atoms with E-state index in [4.69, 9.17) is 14.2 Å². The van der Waals surface area contributed by atoms with E-state index in [9.17, 15) is 14.4 Å². The molecule has 1 saturated heterocycles. The van der Waals surface area contributed by atoms with Crippen LogP contribution in [0, 0.1) is 0 Å². The molecule has 0 unspecified atom stereocenters. The number of fused-ring (bicyclic) bond motifs is 1. The third-order valence-corrected chi connectivity index (χ3v) is 5.50. The predicted molar refractivity (Wildman–Crippen MR) is 101 cm³/mol. The molecule has 0 saturated carbocycles. The molecule has 0 aliphatic carbocycles. The van der Waals surface area contributed by atoms with Gasteiger partial charge < -0.3 is 19.5 Å². The largest absolute Gasteiger partial charge is 0.486 e. The van der Waals surface area contributed by atoms with Gasteiger partial charge in [-0.3, -0.25) is 9.69 Å². The van der Waals surface area contributed by atoms with Crippen LogP contribution in [0.1, 0.15) is 16.6 Å². The molecule has 2 aromatic rings. The van der Waals surface area contributed by atoms with Gasteiger partial charge in [0.2, 0.25) is 0 Å². The number of esters is 1. The van der Waals surface area contributed by atoms with Crippen LogP contribution in [-0.2, 0) is 9.53 Å². The topological polar surface area (TPSA) is 94.2 Å². The van der Waals surface area contributed by atoms with Gasteiger partial charge in [0.1, 0.15) is 18.1 Å². The molecule has 0 radical (unpaired) electrons. The standard InChI is InChI=1S/C19H18N2O6S/c1-11(17(22)21-7-6-20-19(21)24)27-18(23)16-5-4-15(28-16)12-2-3-13-14(10-12)26-9-8-25-13/h2-5,10-11H,6-9H2,1H3,(H,20,24)/t11-/m1/s1. The predicted octanol–water partition coefficient (Wildman–Crippen LogP) is 2.28. The first-order valence-corrected chi connectivity index (χ1v) is 9.64. The lowest BCUT2D eigenvalue weighted by Gasteiger charge is -2.18. The Morgan fingerprint density at radius 3 is 2.71 bits per heavy atom. The van der Waals surface area contributed by atoms with E-state index < -0.39 is 24.0 Å². The van der Waals surface area contributed by atoms with E-state index in [1.165, 1.54) is 18.3 Å². The Balaban J connectivity index is 1.44. The van der Waals surface area contributed by atoms with Gasteiger partial charge in [-0.2, -0.15) is 0 Å². The number of hydrogen-bond acceptors (Lipinski definition) is 7. The van der Waals surface area contributed by atoms with Crippen molar-refractivity contribution < 1.29 is 28.6 Å². The van der Waals surface area contributed by atoms with Crippen molar-refractivity contribution in [3.05, 3.63) is 35.2 Å². The van der Waals surface area contributed by atoms with Crippen molar-refractivity contribution in [3.8, 4) is 21.9 Å². The number of nitrogens with zero attached hydrogens (tertiary/aromatic N) is 1. The van der Waals surface area contributed by atoms with Gasteiger partial charge in [-0.05, 0) is 42.8 Å². The lowest BCUT2D eigenvalue weighted by Crippen LogP contribution is -2.41. The Labute approximate surface area is 165 Å². The van der Waals surface area contributed by atoms with E-state index in [0.717, 1.165) is 15.3 Å². The van der Waals surface area contributed by atoms with Crippen LogP contribution >= 0.6 is 11.3 Å². The van der Waals surface area contributed by atoms with E-state index in [1.807, 2.05) is 24.3 Å². The summed E-state index contributed by atoms with van der Waals surface area (Å²) in [5.41, 5.74) is 0.895. The number of hydrogen-bond donors (Lipinski definition) is 1. The van der Waals surface area contributed by atoms with Gasteiger partial charge in [-0.15, -0.1) is 11.3 Å². The highest BCUT2D eigenvalue weighted by molar-refractivity contribution is 7.17. The first-order chi connectivity index (χ1) is 13.5. The molecule has 4 rings (SSSR count). The number of imide groups is 1. The molecule has 1 fully saturated rings. The summed E-state index contributed by atoms with van der Waals surface area (Å²) in [7, 11) is 0. The fourth-order valence-corrected chi connectivity index (χ4v) is 3.86. The minimum atomic E-state index is -1.05. The molecule has 1 aromatic carbocycles. The summed E-state index contributed by atoms with van der Waals surface area (Å²) >= 11 is 1.26. The molecule has 1 N–H and O–H groups in total. The summed E-state index contributed by atoms with van der Waals surface area (Å²) in [5, 5.41) is 2.54. The van der Waals surface area contributed by atoms with Crippen molar-refractivity contribution in [2.75, 3.05) is 26.3 Å². The van der Waals surface area contributed by atoms with E-state index in [-0.39, 0.29) is 6.54 Å². The fraction of sp³-hybridized carbons (Fsp3) is 0.316. The molecule has 0 spiro atoms. The molecule has 146 valence electrons. The van der Waals surface area contributed by atoms with Crippen molar-refractivity contribution in [3.63, 3.8) is 0 Å². The van der Waals surface area contributed by atoms with E-state index in [2.05, 4.69) is 5.32 Å². The lowest BCUT2D eigenvalue weighted by molar-refractivity contribution is -0.135. The molecular formula is C19H18N2O6S. The van der Waals surface area contributed by atoms with E-state index >= 15 is 0 Å². The maximum absolute atomic E-state index is 12.4. The average molecular weight is 402 g/mol. The molecule has 0 bridgehead atoms. The first kappa shape index (κ1) is 18.3. The van der Waals surface area contributed by atoms with Gasteiger partial charge >= 0.3 is 12.0 Å². The van der Waals surface area contributed by atoms with Crippen LogP contribution in [0.4, 0.5) is 4.79 Å². The van der Waals surface area contributed by atoms with Gasteiger partial charge in [-0.1, -0.05) is 0 Å². The van der Waals surface area contributed by atoms with Crippen molar-refractivity contribution >= 4 is 29.2 Å². The minimum Gasteiger partial charge on any atom is -0.486 e. The maximum Gasteiger partial charge on any atom is 0.349 e. The summed E-state index contributed by atoms with van der Waals surface area (Å²) in [6.07, 6.45) is -1.05. The monoisotopic (exact) mass is 402 g/mol. The summed E-state index contributed by atoms with van der Waals surface area (Å²) in [5.74, 6) is 0.232. The second-order valence-corrected chi connectivity index (χ2v) is 7.38. The van der Waals surface area contributed by atoms with Crippen molar-refractivity contribution in [2.45, 2.75) is 13.0 Å². The number of carbonyl (C=O) groups is 3. The summed E-state index contributed by atoms with van der Waals surface area (Å²) in [6.45, 7) is 3.15. The molecule has 8 nitrogen and oxygen atoms in total. The number of nitrogens with one attached hydrogen (secondary N) is 1. The van der Waals surface area contributed by atoms with Crippen LogP contribution in [0.25, 0.3) is 10.4 Å². The molecule has 28 heavy (non-hydrogen) atoms. The maximum atomic E-state index is 12.4. The van der Waals surface area contributed by atoms with Crippen LogP contribution in [0.5, 0.6) is 11.5 Å². The zero-order chi connectivity index (χ0) is 19.7. The van der Waals surface area contributed by atoms with Gasteiger partial charge in [0.05, 0.1) is 0 Å². The van der Waals surface area contributed by atoms with Crippen LogP contribution < -0.4 is 14.8 Å². The smallest absolute Gasteiger partial charge is 0.349 e. The highest BCUT2D eigenvalue weighted by Gasteiger charge is 2.32. The van der Waals surface area contributed by atoms with Crippen LogP contribution in [0.3, 0.4) is 0 Å². The number of thiophene rings is 1. The number of ether oxygens (including phenoxy) is 3. The second-order valence-electron chi connectivity index (χ2n) is 6.29. The Hall–Kier alpha value is -3.07. The Morgan fingerprint density at radius 2 is 1.96 bits per heavy atom. The number of rotatable bonds is 4. The lowest BCUT2D eigenvalue weighted by atomic mass is 10.1. The molecule has 3 amide bonds. The van der Waals surface area contributed by atoms with Crippen molar-refractivity contribution in [1.82, 2.24) is 10.2 Å². The first-order valence-electron chi connectivity index (χ1n) is 8.83. The summed E-state index contributed by atoms with van der Waals surface area (Å²) in [6, 6.07) is 8.60. The Kier molecular flexibility index (Phi) is 4.91. The molecule has 9 heteroatoms. The average Bonchev–Trinajstić information content (AvgIpc) is 3.36. The van der Waals surface area contributed by atoms with Crippen LogP contribution in [0.15, 0.2) is 30.3 Å². The number of amides is 3. The van der Waals surface area contributed by atoms with Crippen LogP contribution in [-0.4, -0.2) is 55.2 Å². The van der Waals surface area contributed by atoms with Crippen molar-refractivity contribution in [2.24, 2.45) is 0 Å². The van der Waals surface area contributed by atoms with E-state index in [1.54, 1.807) is 6.07 Å². The highest BCUT2D eigenvalue weighted by atomic mass is 32.1. The highest BCUT2D eigenvalue weighted by Crippen LogP contribution is 2.37. The number of urea groups is 1. The van der Waals surface area contributed by atoms with Gasteiger partial charge in [-0.25, -0.2) is 9.59 Å². The number of benzene rings is 1. The molecule has 2 aliphatic rings. The van der Waals surface area contributed by atoms with Gasteiger partial charge in [0.25, 0.3) is 5.91 Å². The Bertz CT molecular complexity index is 940. The third kappa shape index (κ3) is 3.53. The van der Waals surface area contributed by atoms with Gasteiger partial charge in [0, 0.05) is 18.0 Å². The van der Waals surface area contributed by atoms with Crippen LogP contribution in [0.2, 0.25) is 0 Å². The minimum absolute atomic E-state index is 0.271. The molecule has 2 aliphatic heterocycles. The third-order valence-electron chi connectivity index (χ3n) is 4.39. The molecule has 1 atom stereocenters.